The van der Waals surface area contributed by atoms with Gasteiger partial charge < -0.3 is 15.0 Å². The molecule has 3 fully saturated rings. The lowest BCUT2D eigenvalue weighted by molar-refractivity contribution is 0.0603. The Morgan fingerprint density at radius 3 is 2.19 bits per heavy atom. The Balaban J connectivity index is 1.45. The molecule has 16 heavy (non-hydrogen) atoms. The summed E-state index contributed by atoms with van der Waals surface area (Å²) < 4.78 is 5.54. The van der Waals surface area contributed by atoms with Gasteiger partial charge in [-0.25, -0.2) is 0 Å². The van der Waals surface area contributed by atoms with Gasteiger partial charge in [-0.2, -0.15) is 0 Å². The fourth-order valence-corrected chi connectivity index (χ4v) is 2.60. The van der Waals surface area contributed by atoms with Crippen LogP contribution in [0, 0.1) is 11.8 Å². The second-order valence-electron chi connectivity index (χ2n) is 5.83. The molecule has 3 heteroatoms. The van der Waals surface area contributed by atoms with Crippen molar-refractivity contribution >= 4 is 0 Å². The molecular weight excluding hydrogens is 200 g/mol. The van der Waals surface area contributed by atoms with E-state index < -0.39 is 0 Å². The first kappa shape index (κ1) is 11.0. The maximum Gasteiger partial charge on any atom is 0.0632 e. The average molecular weight is 224 g/mol. The van der Waals surface area contributed by atoms with Crippen molar-refractivity contribution in [1.82, 2.24) is 10.2 Å². The summed E-state index contributed by atoms with van der Waals surface area (Å²) in [7, 11) is 0. The van der Waals surface area contributed by atoms with Crippen LogP contribution < -0.4 is 5.32 Å². The third-order valence-corrected chi connectivity index (χ3v) is 3.90. The minimum Gasteiger partial charge on any atom is -0.378 e. The molecule has 1 atom stereocenters. The third-order valence-electron chi connectivity index (χ3n) is 3.90. The molecule has 0 spiro atoms. The highest BCUT2D eigenvalue weighted by Gasteiger charge is 2.30. The predicted octanol–water partition coefficient (Wildman–Crippen LogP) is 1.10. The van der Waals surface area contributed by atoms with Crippen LogP contribution in [0.1, 0.15) is 25.7 Å². The number of hydrogen-bond donors (Lipinski definition) is 1. The molecular formula is C13H24N2O. The van der Waals surface area contributed by atoms with Gasteiger partial charge in [0, 0.05) is 32.2 Å². The van der Waals surface area contributed by atoms with Crippen LogP contribution in [-0.2, 0) is 4.74 Å². The summed E-state index contributed by atoms with van der Waals surface area (Å²) in [5, 5.41) is 3.57. The highest BCUT2D eigenvalue weighted by molar-refractivity contribution is 4.85. The van der Waals surface area contributed by atoms with E-state index >= 15 is 0 Å². The molecule has 0 aromatic rings. The Kier molecular flexibility index (Phi) is 3.46. The van der Waals surface area contributed by atoms with Gasteiger partial charge in [0.2, 0.25) is 0 Å². The molecule has 0 aromatic heterocycles. The molecule has 3 rings (SSSR count). The first-order valence-electron chi connectivity index (χ1n) is 6.93. The summed E-state index contributed by atoms with van der Waals surface area (Å²) in [6.07, 6.45) is 5.87. The molecule has 1 aliphatic heterocycles. The monoisotopic (exact) mass is 224 g/mol. The van der Waals surface area contributed by atoms with Crippen molar-refractivity contribution in [3.8, 4) is 0 Å². The van der Waals surface area contributed by atoms with E-state index in [1.807, 2.05) is 0 Å². The highest BCUT2D eigenvalue weighted by Crippen LogP contribution is 2.33. The Bertz CT molecular complexity index is 206. The second kappa shape index (κ2) is 5.03. The van der Waals surface area contributed by atoms with Gasteiger partial charge in [-0.05, 0) is 37.5 Å². The van der Waals surface area contributed by atoms with E-state index in [1.165, 1.54) is 45.3 Å². The minimum absolute atomic E-state index is 0.575. The van der Waals surface area contributed by atoms with Crippen LogP contribution in [0.5, 0.6) is 0 Å². The zero-order valence-electron chi connectivity index (χ0n) is 10.2. The van der Waals surface area contributed by atoms with E-state index in [9.17, 15) is 0 Å². The van der Waals surface area contributed by atoms with Crippen molar-refractivity contribution in [2.45, 2.75) is 31.7 Å². The van der Waals surface area contributed by atoms with E-state index in [1.54, 1.807) is 0 Å². The Labute approximate surface area is 98.5 Å². The number of rotatable bonds is 6. The van der Waals surface area contributed by atoms with Crippen LogP contribution in [-0.4, -0.2) is 50.3 Å². The summed E-state index contributed by atoms with van der Waals surface area (Å²) in [6.45, 7) is 6.72. The normalized spacial score (nSPS) is 30.9. The molecule has 1 saturated heterocycles. The molecule has 2 saturated carbocycles. The summed E-state index contributed by atoms with van der Waals surface area (Å²) in [4.78, 5) is 2.70. The van der Waals surface area contributed by atoms with Gasteiger partial charge in [-0.1, -0.05) is 0 Å². The summed E-state index contributed by atoms with van der Waals surface area (Å²) in [6, 6.07) is 0.575. The third kappa shape index (κ3) is 3.44. The van der Waals surface area contributed by atoms with Crippen molar-refractivity contribution in [1.29, 1.82) is 0 Å². The van der Waals surface area contributed by atoms with Crippen LogP contribution in [0.2, 0.25) is 0 Å². The smallest absolute Gasteiger partial charge is 0.0632 e. The Hall–Kier alpha value is -0.120. The van der Waals surface area contributed by atoms with Crippen LogP contribution in [0.15, 0.2) is 0 Å². The number of ether oxygens (including phenoxy) is 1. The summed E-state index contributed by atoms with van der Waals surface area (Å²) in [5.41, 5.74) is 0. The topological polar surface area (TPSA) is 24.5 Å². The van der Waals surface area contributed by atoms with Gasteiger partial charge >= 0.3 is 0 Å². The Morgan fingerprint density at radius 2 is 1.69 bits per heavy atom. The zero-order valence-corrected chi connectivity index (χ0v) is 10.2. The quantitative estimate of drug-likeness (QED) is 0.731. The van der Waals surface area contributed by atoms with E-state index in [2.05, 4.69) is 10.2 Å². The van der Waals surface area contributed by atoms with Gasteiger partial charge in [0.25, 0.3) is 0 Å². The molecule has 0 aromatic carbocycles. The fraction of sp³-hybridized carbons (Fsp3) is 1.00. The highest BCUT2D eigenvalue weighted by atomic mass is 16.5. The van der Waals surface area contributed by atoms with Crippen molar-refractivity contribution in [3.05, 3.63) is 0 Å². The van der Waals surface area contributed by atoms with Crippen LogP contribution >= 0.6 is 0 Å². The lowest BCUT2D eigenvalue weighted by atomic mass is 10.2. The van der Waals surface area contributed by atoms with E-state index in [0.29, 0.717) is 6.04 Å². The molecule has 3 nitrogen and oxygen atoms in total. The van der Waals surface area contributed by atoms with Crippen molar-refractivity contribution in [2.75, 3.05) is 39.4 Å². The number of hydrogen-bond acceptors (Lipinski definition) is 3. The molecule has 0 bridgehead atoms. The lowest BCUT2D eigenvalue weighted by Crippen LogP contribution is -2.49. The maximum atomic E-state index is 5.54. The molecule has 1 N–H and O–H groups in total. The number of morpholine rings is 1. The predicted molar refractivity (Wildman–Crippen MR) is 64.5 cm³/mol. The van der Waals surface area contributed by atoms with Crippen molar-refractivity contribution in [3.63, 3.8) is 0 Å². The molecule has 2 aliphatic carbocycles. The standard InChI is InChI=1S/C13H24N2O/c1-2-11(1)7-15(8-12-3-4-12)9-13-10-16-6-5-14-13/h11-14H,1-10H2. The van der Waals surface area contributed by atoms with Gasteiger partial charge in [-0.3, -0.25) is 0 Å². The largest absolute Gasteiger partial charge is 0.378 e. The molecule has 3 aliphatic rings. The van der Waals surface area contributed by atoms with Gasteiger partial charge in [0.05, 0.1) is 13.2 Å². The number of nitrogens with one attached hydrogen (secondary N) is 1. The van der Waals surface area contributed by atoms with Gasteiger partial charge in [-0.15, -0.1) is 0 Å². The zero-order chi connectivity index (χ0) is 10.8. The van der Waals surface area contributed by atoms with Crippen LogP contribution in [0.4, 0.5) is 0 Å². The summed E-state index contributed by atoms with van der Waals surface area (Å²) in [5.74, 6) is 2.03. The van der Waals surface area contributed by atoms with E-state index in [4.69, 9.17) is 4.74 Å². The minimum atomic E-state index is 0.575. The molecule has 1 heterocycles. The fourth-order valence-electron chi connectivity index (χ4n) is 2.60. The van der Waals surface area contributed by atoms with E-state index in [0.717, 1.165) is 31.6 Å². The van der Waals surface area contributed by atoms with Crippen molar-refractivity contribution in [2.24, 2.45) is 11.8 Å². The number of nitrogens with zero attached hydrogens (tertiary/aromatic N) is 1. The first-order chi connectivity index (χ1) is 7.90. The maximum absolute atomic E-state index is 5.54. The van der Waals surface area contributed by atoms with Gasteiger partial charge in [0.15, 0.2) is 0 Å². The van der Waals surface area contributed by atoms with Crippen molar-refractivity contribution < 1.29 is 4.74 Å². The van der Waals surface area contributed by atoms with E-state index in [-0.39, 0.29) is 0 Å². The molecule has 92 valence electrons. The lowest BCUT2D eigenvalue weighted by Gasteiger charge is -2.30. The molecule has 1 unspecified atom stereocenters. The summed E-state index contributed by atoms with van der Waals surface area (Å²) >= 11 is 0. The molecule has 0 radical (unpaired) electrons. The second-order valence-corrected chi connectivity index (χ2v) is 5.83. The Morgan fingerprint density at radius 1 is 1.00 bits per heavy atom. The average Bonchev–Trinajstić information content (AvgIpc) is 3.15. The first-order valence-corrected chi connectivity index (χ1v) is 6.93. The van der Waals surface area contributed by atoms with Crippen LogP contribution in [0.25, 0.3) is 0 Å². The molecule has 0 amide bonds. The van der Waals surface area contributed by atoms with Gasteiger partial charge in [0.1, 0.15) is 0 Å². The van der Waals surface area contributed by atoms with Crippen LogP contribution in [0.3, 0.4) is 0 Å². The SMILES string of the molecule is C1COCC(CN(CC2CC2)CC2CC2)N1.